The number of unbranched alkanes of at least 4 members (excludes halogenated alkanes) is 26. The topological polar surface area (TPSA) is 85.3 Å². The smallest absolute Gasteiger partial charge is 0.466 e. The summed E-state index contributed by atoms with van der Waals surface area (Å²) < 4.78 is 16.7. The molecule has 1 N–H and O–H groups in total. The minimum absolute atomic E-state index is 0.00129. The third-order valence-electron chi connectivity index (χ3n) is 11.0. The number of ether oxygens (including phenoxy) is 3. The van der Waals surface area contributed by atoms with Crippen LogP contribution < -0.4 is 0 Å². The Balaban J connectivity index is 3.80. The average molecular weight is 846 g/mol. The molecule has 0 saturated heterocycles. The van der Waals surface area contributed by atoms with Crippen LogP contribution >= 0.6 is 21.6 Å². The number of esters is 1. The van der Waals surface area contributed by atoms with Gasteiger partial charge in [0.15, 0.2) is 0 Å². The summed E-state index contributed by atoms with van der Waals surface area (Å²) >= 11 is 0. The van der Waals surface area contributed by atoms with Crippen molar-refractivity contribution in [2.24, 2.45) is 0 Å². The molecular weight excluding hydrogens is 751 g/mol. The fourth-order valence-electron chi connectivity index (χ4n) is 7.28. The Bertz CT molecular complexity index is 822. The maximum absolute atomic E-state index is 12.5. The molecule has 0 fully saturated rings. The lowest BCUT2D eigenvalue weighted by Crippen LogP contribution is -2.29. The molecule has 0 aliphatic carbocycles. The molecule has 0 aliphatic heterocycles. The van der Waals surface area contributed by atoms with Crippen LogP contribution in [-0.4, -0.2) is 79.2 Å². The van der Waals surface area contributed by atoms with E-state index in [2.05, 4.69) is 25.7 Å². The zero-order valence-corrected chi connectivity index (χ0v) is 39.7. The SMILES string of the molecule is CCCCCCCCCCCC(CCCCCC)OC(=O)OCCCCCCCCN(CCO)CCCCCCCCOC(=O)CCSSCCCCCCCC. The highest BCUT2D eigenvalue weighted by molar-refractivity contribution is 8.76. The first kappa shape index (κ1) is 56.4. The van der Waals surface area contributed by atoms with Gasteiger partial charge >= 0.3 is 12.1 Å². The van der Waals surface area contributed by atoms with Crippen molar-refractivity contribution in [1.82, 2.24) is 4.90 Å². The summed E-state index contributed by atoms with van der Waals surface area (Å²) in [5.74, 6) is 1.99. The van der Waals surface area contributed by atoms with Crippen molar-refractivity contribution in [1.29, 1.82) is 0 Å². The van der Waals surface area contributed by atoms with Crippen molar-refractivity contribution in [2.75, 3.05) is 51.0 Å². The van der Waals surface area contributed by atoms with Gasteiger partial charge in [0.1, 0.15) is 6.10 Å². The summed E-state index contributed by atoms with van der Waals surface area (Å²) in [6, 6.07) is 0. The van der Waals surface area contributed by atoms with Crippen LogP contribution in [0.25, 0.3) is 0 Å². The van der Waals surface area contributed by atoms with Crippen molar-refractivity contribution in [3.63, 3.8) is 0 Å². The number of carbonyl (C=O) groups excluding carboxylic acids is 2. The van der Waals surface area contributed by atoms with Gasteiger partial charge in [-0.1, -0.05) is 196 Å². The van der Waals surface area contributed by atoms with Gasteiger partial charge in [0.2, 0.25) is 0 Å². The highest BCUT2D eigenvalue weighted by Gasteiger charge is 2.15. The van der Waals surface area contributed by atoms with Gasteiger partial charge in [0, 0.05) is 18.1 Å². The van der Waals surface area contributed by atoms with Crippen LogP contribution in [-0.2, 0) is 19.0 Å². The van der Waals surface area contributed by atoms with E-state index in [0.29, 0.717) is 19.6 Å². The van der Waals surface area contributed by atoms with Gasteiger partial charge in [-0.25, -0.2) is 4.79 Å². The van der Waals surface area contributed by atoms with E-state index < -0.39 is 6.16 Å². The number of nitrogens with zero attached hydrogens (tertiary/aromatic N) is 1. The minimum Gasteiger partial charge on any atom is -0.466 e. The highest BCUT2D eigenvalue weighted by atomic mass is 33.1. The lowest BCUT2D eigenvalue weighted by atomic mass is 10.0. The highest BCUT2D eigenvalue weighted by Crippen LogP contribution is 2.24. The summed E-state index contributed by atoms with van der Waals surface area (Å²) in [4.78, 5) is 26.9. The van der Waals surface area contributed by atoms with Crippen LogP contribution in [0.2, 0.25) is 0 Å². The zero-order chi connectivity index (χ0) is 41.5. The van der Waals surface area contributed by atoms with Crippen LogP contribution in [0.15, 0.2) is 0 Å². The van der Waals surface area contributed by atoms with Crippen molar-refractivity contribution in [3.05, 3.63) is 0 Å². The number of carbonyl (C=O) groups is 2. The van der Waals surface area contributed by atoms with Gasteiger partial charge < -0.3 is 24.2 Å². The van der Waals surface area contributed by atoms with E-state index in [1.807, 2.05) is 21.6 Å². The zero-order valence-electron chi connectivity index (χ0n) is 38.0. The van der Waals surface area contributed by atoms with Gasteiger partial charge in [-0.15, -0.1) is 0 Å². The van der Waals surface area contributed by atoms with E-state index >= 15 is 0 Å². The number of aliphatic hydroxyl groups is 1. The van der Waals surface area contributed by atoms with Gasteiger partial charge in [-0.2, -0.15) is 0 Å². The monoisotopic (exact) mass is 846 g/mol. The third-order valence-corrected chi connectivity index (χ3v) is 13.5. The normalized spacial score (nSPS) is 12.0. The Morgan fingerprint density at radius 3 is 1.39 bits per heavy atom. The van der Waals surface area contributed by atoms with E-state index in [0.717, 1.165) is 89.6 Å². The van der Waals surface area contributed by atoms with Crippen molar-refractivity contribution in [3.8, 4) is 0 Å². The molecule has 1 unspecified atom stereocenters. The second-order valence-electron chi connectivity index (χ2n) is 16.5. The summed E-state index contributed by atoms with van der Waals surface area (Å²) in [6.07, 6.45) is 40.1. The van der Waals surface area contributed by atoms with Crippen LogP contribution in [0.3, 0.4) is 0 Å². The Morgan fingerprint density at radius 1 is 0.474 bits per heavy atom. The van der Waals surface area contributed by atoms with E-state index in [9.17, 15) is 14.7 Å². The molecule has 0 saturated carbocycles. The quantitative estimate of drug-likeness (QED) is 0.0366. The second-order valence-corrected chi connectivity index (χ2v) is 19.2. The summed E-state index contributed by atoms with van der Waals surface area (Å²) in [7, 11) is 3.71. The fourth-order valence-corrected chi connectivity index (χ4v) is 9.40. The molecule has 57 heavy (non-hydrogen) atoms. The van der Waals surface area contributed by atoms with E-state index in [4.69, 9.17) is 14.2 Å². The number of hydrogen-bond acceptors (Lipinski definition) is 9. The molecule has 0 aromatic heterocycles. The van der Waals surface area contributed by atoms with E-state index in [-0.39, 0.29) is 18.7 Å². The van der Waals surface area contributed by atoms with Gasteiger partial charge in [0.25, 0.3) is 0 Å². The molecule has 0 aliphatic rings. The van der Waals surface area contributed by atoms with Gasteiger partial charge in [-0.3, -0.25) is 4.79 Å². The Kier molecular flexibility index (Phi) is 47.5. The molecule has 0 heterocycles. The van der Waals surface area contributed by atoms with Crippen LogP contribution in [0.5, 0.6) is 0 Å². The molecule has 1 atom stereocenters. The largest absolute Gasteiger partial charge is 0.508 e. The summed E-state index contributed by atoms with van der Waals surface area (Å²) in [5, 5.41) is 9.56. The maximum atomic E-state index is 12.5. The molecular formula is C48H95NO6S2. The molecule has 7 nitrogen and oxygen atoms in total. The van der Waals surface area contributed by atoms with Crippen LogP contribution in [0, 0.1) is 0 Å². The van der Waals surface area contributed by atoms with Crippen molar-refractivity contribution < 1.29 is 28.9 Å². The molecule has 0 radical (unpaired) electrons. The first-order chi connectivity index (χ1) is 28.1. The van der Waals surface area contributed by atoms with Gasteiger partial charge in [-0.05, 0) is 70.9 Å². The molecule has 9 heteroatoms. The van der Waals surface area contributed by atoms with Crippen molar-refractivity contribution in [2.45, 2.75) is 245 Å². The molecule has 0 bridgehead atoms. The number of rotatable bonds is 47. The van der Waals surface area contributed by atoms with Crippen LogP contribution in [0.4, 0.5) is 4.79 Å². The first-order valence-corrected chi connectivity index (χ1v) is 27.1. The first-order valence-electron chi connectivity index (χ1n) is 24.6. The molecule has 0 aromatic rings. The molecule has 0 amide bonds. The molecule has 0 rings (SSSR count). The Labute approximate surface area is 362 Å². The van der Waals surface area contributed by atoms with Crippen molar-refractivity contribution >= 4 is 33.7 Å². The van der Waals surface area contributed by atoms with E-state index in [1.54, 1.807) is 0 Å². The molecule has 0 spiro atoms. The number of aliphatic hydroxyl groups excluding tert-OH is 1. The lowest BCUT2D eigenvalue weighted by Gasteiger charge is -2.21. The molecule has 340 valence electrons. The molecule has 0 aromatic carbocycles. The van der Waals surface area contributed by atoms with E-state index in [1.165, 1.54) is 153 Å². The Morgan fingerprint density at radius 2 is 0.877 bits per heavy atom. The van der Waals surface area contributed by atoms with Gasteiger partial charge in [0.05, 0.1) is 26.2 Å². The fraction of sp³-hybridized carbons (Fsp3) is 0.958. The maximum Gasteiger partial charge on any atom is 0.508 e. The standard InChI is InChI=1S/C48H95NO6S2/c1-4-7-10-13-15-16-17-22-29-36-46(35-28-12-9-6-3)55-48(52)54-43-33-26-21-19-24-31-39-49(40-41-50)38-30-23-18-20-25-32-42-53-47(51)37-45-57-56-44-34-27-14-11-8-5-2/h46,50H,4-45H2,1-3H3. The minimum atomic E-state index is -0.471. The summed E-state index contributed by atoms with van der Waals surface area (Å²) in [6.45, 7) is 10.8. The second kappa shape index (κ2) is 48.0. The lowest BCUT2D eigenvalue weighted by molar-refractivity contribution is -0.143. The summed E-state index contributed by atoms with van der Waals surface area (Å²) in [5.41, 5.74) is 0. The van der Waals surface area contributed by atoms with Crippen LogP contribution in [0.1, 0.15) is 239 Å². The Hall–Kier alpha value is -0.640. The predicted molar refractivity (Wildman–Crippen MR) is 250 cm³/mol. The third kappa shape index (κ3) is 44.7. The number of hydrogen-bond donors (Lipinski definition) is 1. The average Bonchev–Trinajstić information content (AvgIpc) is 3.20. The predicted octanol–water partition coefficient (Wildman–Crippen LogP) is 15.1.